The molecule has 2 N–H and O–H groups in total. The van der Waals surface area contributed by atoms with Crippen LogP contribution in [0.1, 0.15) is 78.6 Å². The molecule has 21 heavy (non-hydrogen) atoms. The van der Waals surface area contributed by atoms with E-state index in [1.54, 1.807) is 0 Å². The molecule has 0 amide bonds. The molecule has 2 rings (SSSR count). The topological polar surface area (TPSA) is 26.0 Å². The van der Waals surface area contributed by atoms with E-state index in [-0.39, 0.29) is 11.0 Å². The van der Waals surface area contributed by atoms with Gasteiger partial charge in [-0.05, 0) is 43.6 Å². The van der Waals surface area contributed by atoms with E-state index in [9.17, 15) is 0 Å². The monoisotopic (exact) mass is 288 g/mol. The largest absolute Gasteiger partial charge is 0.324 e. The number of nitrogens with two attached hydrogens (primary N) is 1. The van der Waals surface area contributed by atoms with E-state index >= 15 is 0 Å². The summed E-state index contributed by atoms with van der Waals surface area (Å²) in [6.07, 6.45) is 21.6. The Balaban J connectivity index is 2.36. The molecule has 1 nitrogen and oxygen atoms in total. The van der Waals surface area contributed by atoms with Crippen molar-refractivity contribution in [2.75, 3.05) is 0 Å². The van der Waals surface area contributed by atoms with Crippen molar-refractivity contribution in [1.29, 1.82) is 0 Å². The van der Waals surface area contributed by atoms with Crippen LogP contribution in [0.25, 0.3) is 0 Å². The fraction of sp³-hybridized carbons (Fsp3) is 0.800. The van der Waals surface area contributed by atoms with Crippen molar-refractivity contribution >= 4 is 0 Å². The predicted molar refractivity (Wildman–Crippen MR) is 91.9 cm³/mol. The number of allylic oxidation sites excluding steroid dienone is 3. The molecule has 0 spiro atoms. The molecular formula is C20H34N. The van der Waals surface area contributed by atoms with Crippen LogP contribution in [0.2, 0.25) is 0 Å². The maximum Gasteiger partial charge on any atom is 0.0278 e. The van der Waals surface area contributed by atoms with Gasteiger partial charge in [-0.1, -0.05) is 71.1 Å². The van der Waals surface area contributed by atoms with Crippen LogP contribution < -0.4 is 5.73 Å². The summed E-state index contributed by atoms with van der Waals surface area (Å²) >= 11 is 0. The van der Waals surface area contributed by atoms with Gasteiger partial charge in [0.2, 0.25) is 0 Å². The van der Waals surface area contributed by atoms with E-state index in [1.165, 1.54) is 44.9 Å². The minimum absolute atomic E-state index is 0.0697. The number of hydrogen-bond acceptors (Lipinski definition) is 1. The average molecular weight is 288 g/mol. The summed E-state index contributed by atoms with van der Waals surface area (Å²) in [4.78, 5) is 0. The van der Waals surface area contributed by atoms with Crippen LogP contribution in [0, 0.1) is 23.3 Å². The number of rotatable bonds is 6. The second-order valence-electron chi connectivity index (χ2n) is 7.37. The summed E-state index contributed by atoms with van der Waals surface area (Å²) in [5, 5.41) is 0. The third-order valence-corrected chi connectivity index (χ3v) is 6.39. The van der Waals surface area contributed by atoms with E-state index < -0.39 is 0 Å². The summed E-state index contributed by atoms with van der Waals surface area (Å²) in [5.74, 6) is 1.31. The van der Waals surface area contributed by atoms with Gasteiger partial charge in [0.05, 0.1) is 0 Å². The van der Waals surface area contributed by atoms with Crippen LogP contribution in [0.5, 0.6) is 0 Å². The molecule has 119 valence electrons. The van der Waals surface area contributed by atoms with E-state index in [0.29, 0.717) is 11.8 Å². The molecule has 1 fully saturated rings. The highest BCUT2D eigenvalue weighted by Crippen LogP contribution is 2.53. The van der Waals surface area contributed by atoms with Crippen molar-refractivity contribution < 1.29 is 0 Å². The van der Waals surface area contributed by atoms with Crippen molar-refractivity contribution in [2.24, 2.45) is 23.0 Å². The maximum atomic E-state index is 7.21. The first kappa shape index (κ1) is 16.8. The maximum absolute atomic E-state index is 7.21. The third-order valence-electron chi connectivity index (χ3n) is 6.39. The van der Waals surface area contributed by atoms with Gasteiger partial charge in [0, 0.05) is 11.0 Å². The fourth-order valence-electron chi connectivity index (χ4n) is 5.00. The zero-order valence-electron chi connectivity index (χ0n) is 14.3. The Morgan fingerprint density at radius 2 is 2.00 bits per heavy atom. The van der Waals surface area contributed by atoms with Gasteiger partial charge in [-0.3, -0.25) is 0 Å². The van der Waals surface area contributed by atoms with E-state index in [1.807, 2.05) is 0 Å². The number of hydrogen-bond donors (Lipinski definition) is 1. The summed E-state index contributed by atoms with van der Waals surface area (Å²) in [5.41, 5.74) is 7.24. The highest BCUT2D eigenvalue weighted by Gasteiger charge is 2.52. The molecule has 2 aliphatic rings. The second kappa shape index (κ2) is 7.13. The Hall–Kier alpha value is -0.560. The Morgan fingerprint density at radius 1 is 1.29 bits per heavy atom. The molecule has 0 aromatic rings. The van der Waals surface area contributed by atoms with Gasteiger partial charge in [0.15, 0.2) is 0 Å². The van der Waals surface area contributed by atoms with Crippen LogP contribution in [0.4, 0.5) is 0 Å². The van der Waals surface area contributed by atoms with Crippen molar-refractivity contribution in [3.05, 3.63) is 24.3 Å². The molecular weight excluding hydrogens is 254 g/mol. The van der Waals surface area contributed by atoms with Gasteiger partial charge < -0.3 is 5.73 Å². The SMILES string of the molecule is CCCC(C)C1(C(N)(CC)C2CCCCC2)C=CC=[C]C1. The zero-order chi connectivity index (χ0) is 15.3. The van der Waals surface area contributed by atoms with Crippen LogP contribution in [-0.2, 0) is 0 Å². The molecule has 0 bridgehead atoms. The minimum atomic E-state index is -0.0697. The normalized spacial score (nSPS) is 31.0. The molecule has 1 radical (unpaired) electrons. The smallest absolute Gasteiger partial charge is 0.0278 e. The van der Waals surface area contributed by atoms with Crippen LogP contribution in [-0.4, -0.2) is 5.54 Å². The molecule has 0 aromatic carbocycles. The Morgan fingerprint density at radius 3 is 2.52 bits per heavy atom. The van der Waals surface area contributed by atoms with Crippen molar-refractivity contribution in [1.82, 2.24) is 0 Å². The molecule has 0 aromatic heterocycles. The highest BCUT2D eigenvalue weighted by molar-refractivity contribution is 5.23. The van der Waals surface area contributed by atoms with Crippen LogP contribution >= 0.6 is 0 Å². The van der Waals surface area contributed by atoms with Crippen molar-refractivity contribution in [3.8, 4) is 0 Å². The van der Waals surface area contributed by atoms with Crippen molar-refractivity contribution in [2.45, 2.75) is 84.1 Å². The van der Waals surface area contributed by atoms with Gasteiger partial charge in [-0.15, -0.1) is 0 Å². The molecule has 0 aliphatic heterocycles. The predicted octanol–water partition coefficient (Wildman–Crippen LogP) is 5.42. The summed E-state index contributed by atoms with van der Waals surface area (Å²) < 4.78 is 0. The van der Waals surface area contributed by atoms with Gasteiger partial charge in [-0.25, -0.2) is 0 Å². The van der Waals surface area contributed by atoms with Crippen molar-refractivity contribution in [3.63, 3.8) is 0 Å². The molecule has 2 aliphatic carbocycles. The first-order valence-corrected chi connectivity index (χ1v) is 9.14. The lowest BCUT2D eigenvalue weighted by molar-refractivity contribution is 0.0278. The van der Waals surface area contributed by atoms with Gasteiger partial charge >= 0.3 is 0 Å². The van der Waals surface area contributed by atoms with E-state index in [2.05, 4.69) is 45.1 Å². The fourth-order valence-corrected chi connectivity index (χ4v) is 5.00. The van der Waals surface area contributed by atoms with Gasteiger partial charge in [0.25, 0.3) is 0 Å². The Labute approximate surface area is 132 Å². The third kappa shape index (κ3) is 2.99. The quantitative estimate of drug-likeness (QED) is 0.694. The average Bonchev–Trinajstić information content (AvgIpc) is 2.55. The first-order valence-electron chi connectivity index (χ1n) is 9.14. The van der Waals surface area contributed by atoms with Crippen LogP contribution in [0.3, 0.4) is 0 Å². The zero-order valence-corrected chi connectivity index (χ0v) is 14.3. The summed E-state index contributed by atoms with van der Waals surface area (Å²) in [7, 11) is 0. The molecule has 0 saturated heterocycles. The standard InChI is InChI=1S/C20H34N/c1-4-12-17(3)19(15-10-7-11-16-19)20(21,5-2)18-13-8-6-9-14-18/h7,10,15,17-18H,4-6,8-9,12-14,16,21H2,1-3H3. The molecule has 1 heteroatoms. The first-order chi connectivity index (χ1) is 10.1. The lowest BCUT2D eigenvalue weighted by atomic mass is 9.52. The van der Waals surface area contributed by atoms with Gasteiger partial charge in [0.1, 0.15) is 0 Å². The molecule has 0 heterocycles. The lowest BCUT2D eigenvalue weighted by Gasteiger charge is -2.55. The Bertz CT molecular complexity index is 377. The molecule has 3 unspecified atom stereocenters. The lowest BCUT2D eigenvalue weighted by Crippen LogP contribution is -2.62. The van der Waals surface area contributed by atoms with Gasteiger partial charge in [-0.2, -0.15) is 0 Å². The summed E-state index contributed by atoms with van der Waals surface area (Å²) in [6.45, 7) is 7.02. The molecule has 3 atom stereocenters. The highest BCUT2D eigenvalue weighted by atomic mass is 14.8. The van der Waals surface area contributed by atoms with Crippen LogP contribution in [0.15, 0.2) is 18.2 Å². The second-order valence-corrected chi connectivity index (χ2v) is 7.37. The summed E-state index contributed by atoms with van der Waals surface area (Å²) in [6, 6.07) is 0. The van der Waals surface area contributed by atoms with E-state index in [0.717, 1.165) is 12.8 Å². The Kier molecular flexibility index (Phi) is 5.71. The molecule has 1 saturated carbocycles. The van der Waals surface area contributed by atoms with E-state index in [4.69, 9.17) is 5.73 Å². The minimum Gasteiger partial charge on any atom is -0.324 e.